The molecule has 2 aromatic rings. The van der Waals surface area contributed by atoms with E-state index < -0.39 is 17.6 Å². The normalized spacial score (nSPS) is 11.3. The first-order valence-electron chi connectivity index (χ1n) is 7.13. The molecule has 1 N–H and O–H groups in total. The van der Waals surface area contributed by atoms with Gasteiger partial charge in [0.15, 0.2) is 11.7 Å². The second-order valence-electron chi connectivity index (χ2n) is 4.98. The van der Waals surface area contributed by atoms with Crippen LogP contribution in [0.3, 0.4) is 0 Å². The summed E-state index contributed by atoms with van der Waals surface area (Å²) in [6, 6.07) is 17.9. The van der Waals surface area contributed by atoms with Crippen LogP contribution in [0, 0.1) is 17.2 Å². The average molecular weight is 327 g/mol. The Morgan fingerprint density at radius 2 is 1.74 bits per heavy atom. The first kappa shape index (κ1) is 16.7. The van der Waals surface area contributed by atoms with Crippen molar-refractivity contribution in [3.8, 4) is 6.07 Å². The van der Waals surface area contributed by atoms with Crippen LogP contribution in [0.15, 0.2) is 54.6 Å². The first-order valence-corrected chi connectivity index (χ1v) is 7.51. The Morgan fingerprint density at radius 1 is 1.09 bits per heavy atom. The number of nitrogens with one attached hydrogen (secondary N) is 1. The number of rotatable bonds is 6. The van der Waals surface area contributed by atoms with Gasteiger partial charge in [-0.1, -0.05) is 54.1 Å². The molecule has 0 aromatic heterocycles. The Morgan fingerprint density at radius 3 is 2.39 bits per heavy atom. The van der Waals surface area contributed by atoms with Crippen molar-refractivity contribution in [2.24, 2.45) is 5.92 Å². The number of ketones is 1. The highest BCUT2D eigenvalue weighted by atomic mass is 35.5. The Bertz CT molecular complexity index is 738. The van der Waals surface area contributed by atoms with Gasteiger partial charge in [-0.2, -0.15) is 5.26 Å². The maximum absolute atomic E-state index is 12.1. The maximum atomic E-state index is 12.1. The van der Waals surface area contributed by atoms with Gasteiger partial charge in [-0.15, -0.1) is 0 Å². The molecule has 0 radical (unpaired) electrons. The van der Waals surface area contributed by atoms with Crippen LogP contribution < -0.4 is 5.32 Å². The molecule has 116 valence electrons. The van der Waals surface area contributed by atoms with E-state index in [1.165, 1.54) is 0 Å². The molecule has 0 fully saturated rings. The van der Waals surface area contributed by atoms with E-state index in [-0.39, 0.29) is 6.42 Å². The largest absolute Gasteiger partial charge is 0.323 e. The summed E-state index contributed by atoms with van der Waals surface area (Å²) in [7, 11) is 0. The van der Waals surface area contributed by atoms with Crippen LogP contribution in [0.1, 0.15) is 12.0 Å². The van der Waals surface area contributed by atoms with Gasteiger partial charge in [0, 0.05) is 6.42 Å². The molecule has 0 aliphatic rings. The number of carbonyl (C=O) groups excluding carboxylic acids is 2. The number of aryl methyl sites for hydroxylation is 1. The number of para-hydroxylation sites is 1. The number of halogens is 1. The van der Waals surface area contributed by atoms with Gasteiger partial charge in [0.1, 0.15) is 0 Å². The highest BCUT2D eigenvalue weighted by Crippen LogP contribution is 2.21. The zero-order valence-corrected chi connectivity index (χ0v) is 13.1. The summed E-state index contributed by atoms with van der Waals surface area (Å²) in [5.74, 6) is -2.39. The average Bonchev–Trinajstić information content (AvgIpc) is 2.57. The minimum absolute atomic E-state index is 0.137. The summed E-state index contributed by atoms with van der Waals surface area (Å²) in [4.78, 5) is 24.3. The van der Waals surface area contributed by atoms with Crippen molar-refractivity contribution in [3.63, 3.8) is 0 Å². The highest BCUT2D eigenvalue weighted by Gasteiger charge is 2.26. The molecule has 0 spiro atoms. The first-order chi connectivity index (χ1) is 11.1. The smallest absolute Gasteiger partial charge is 0.249 e. The molecule has 0 saturated carbocycles. The van der Waals surface area contributed by atoms with Crippen LogP contribution >= 0.6 is 11.6 Å². The lowest BCUT2D eigenvalue weighted by Crippen LogP contribution is -2.28. The van der Waals surface area contributed by atoms with Gasteiger partial charge < -0.3 is 5.32 Å². The van der Waals surface area contributed by atoms with Crippen LogP contribution in [0.25, 0.3) is 0 Å². The molecule has 0 saturated heterocycles. The zero-order valence-electron chi connectivity index (χ0n) is 12.3. The standard InChI is InChI=1S/C18H15ClN2O2/c19-15-8-4-5-9-16(15)21-18(23)14(12-20)17(22)11-10-13-6-2-1-3-7-13/h1-9,14H,10-11H2,(H,21,23)/t14-/m1/s1. The van der Waals surface area contributed by atoms with E-state index in [0.717, 1.165) is 5.56 Å². The van der Waals surface area contributed by atoms with Crippen molar-refractivity contribution < 1.29 is 9.59 Å². The molecule has 23 heavy (non-hydrogen) atoms. The summed E-state index contributed by atoms with van der Waals surface area (Å²) >= 11 is 5.95. The van der Waals surface area contributed by atoms with Gasteiger partial charge >= 0.3 is 0 Å². The van der Waals surface area contributed by atoms with Gasteiger partial charge in [-0.05, 0) is 24.1 Å². The minimum Gasteiger partial charge on any atom is -0.323 e. The molecule has 2 rings (SSSR count). The van der Waals surface area contributed by atoms with Crippen LogP contribution in [-0.2, 0) is 16.0 Å². The van der Waals surface area contributed by atoms with Crippen LogP contribution in [-0.4, -0.2) is 11.7 Å². The zero-order chi connectivity index (χ0) is 16.7. The van der Waals surface area contributed by atoms with Crippen LogP contribution in [0.2, 0.25) is 5.02 Å². The van der Waals surface area contributed by atoms with Gasteiger partial charge in [-0.3, -0.25) is 9.59 Å². The van der Waals surface area contributed by atoms with E-state index in [4.69, 9.17) is 16.9 Å². The van der Waals surface area contributed by atoms with E-state index in [9.17, 15) is 9.59 Å². The lowest BCUT2D eigenvalue weighted by molar-refractivity contribution is -0.128. The predicted molar refractivity (Wildman–Crippen MR) is 89.0 cm³/mol. The molecule has 0 heterocycles. The van der Waals surface area contributed by atoms with E-state index in [2.05, 4.69) is 5.32 Å². The molecule has 2 aromatic carbocycles. The number of amides is 1. The molecule has 0 unspecified atom stereocenters. The van der Waals surface area contributed by atoms with E-state index in [1.807, 2.05) is 30.3 Å². The van der Waals surface area contributed by atoms with Gasteiger partial charge in [0.2, 0.25) is 5.91 Å². The molecule has 0 aliphatic heterocycles. The molecule has 1 amide bonds. The molecule has 5 heteroatoms. The molecular formula is C18H15ClN2O2. The second kappa shape index (κ2) is 8.11. The van der Waals surface area contributed by atoms with Gasteiger partial charge in [0.05, 0.1) is 16.8 Å². The monoisotopic (exact) mass is 326 g/mol. The Labute approximate surface area is 139 Å². The summed E-state index contributed by atoms with van der Waals surface area (Å²) in [5, 5.41) is 12.0. The fourth-order valence-corrected chi connectivity index (χ4v) is 2.28. The third kappa shape index (κ3) is 4.67. The SMILES string of the molecule is N#C[C@H](C(=O)CCc1ccccc1)C(=O)Nc1ccccc1Cl. The predicted octanol–water partition coefficient (Wildman–Crippen LogP) is 3.62. The molecule has 1 atom stereocenters. The fourth-order valence-electron chi connectivity index (χ4n) is 2.10. The number of anilines is 1. The van der Waals surface area contributed by atoms with Crippen molar-refractivity contribution in [2.45, 2.75) is 12.8 Å². The number of Topliss-reactive ketones (excluding diaryl/α,β-unsaturated/α-hetero) is 1. The lowest BCUT2D eigenvalue weighted by Gasteiger charge is -2.10. The number of carbonyl (C=O) groups is 2. The Hall–Kier alpha value is -2.64. The highest BCUT2D eigenvalue weighted by molar-refractivity contribution is 6.33. The third-order valence-electron chi connectivity index (χ3n) is 3.35. The Balaban J connectivity index is 1.98. The van der Waals surface area contributed by atoms with E-state index >= 15 is 0 Å². The molecule has 4 nitrogen and oxygen atoms in total. The van der Waals surface area contributed by atoms with Crippen molar-refractivity contribution in [2.75, 3.05) is 5.32 Å². The fraction of sp³-hybridized carbons (Fsp3) is 0.167. The summed E-state index contributed by atoms with van der Waals surface area (Å²) in [6.45, 7) is 0. The maximum Gasteiger partial charge on any atom is 0.249 e. The van der Waals surface area contributed by atoms with Crippen molar-refractivity contribution in [1.29, 1.82) is 5.26 Å². The number of hydrogen-bond acceptors (Lipinski definition) is 3. The number of nitrogens with zero attached hydrogens (tertiary/aromatic N) is 1. The molecule has 0 bridgehead atoms. The minimum atomic E-state index is -1.34. The van der Waals surface area contributed by atoms with Crippen LogP contribution in [0.5, 0.6) is 0 Å². The molecular weight excluding hydrogens is 312 g/mol. The van der Waals surface area contributed by atoms with Crippen molar-refractivity contribution in [1.82, 2.24) is 0 Å². The summed E-state index contributed by atoms with van der Waals surface area (Å²) in [5.41, 5.74) is 1.37. The third-order valence-corrected chi connectivity index (χ3v) is 3.68. The number of benzene rings is 2. The summed E-state index contributed by atoms with van der Waals surface area (Å²) < 4.78 is 0. The van der Waals surface area contributed by atoms with Crippen molar-refractivity contribution in [3.05, 3.63) is 65.2 Å². The van der Waals surface area contributed by atoms with E-state index in [1.54, 1.807) is 30.3 Å². The number of nitriles is 1. The topological polar surface area (TPSA) is 70.0 Å². The van der Waals surface area contributed by atoms with Gasteiger partial charge in [0.25, 0.3) is 0 Å². The van der Waals surface area contributed by atoms with E-state index in [0.29, 0.717) is 17.1 Å². The summed E-state index contributed by atoms with van der Waals surface area (Å²) in [6.07, 6.45) is 0.634. The number of hydrogen-bond donors (Lipinski definition) is 1. The van der Waals surface area contributed by atoms with Crippen LogP contribution in [0.4, 0.5) is 5.69 Å². The quantitative estimate of drug-likeness (QED) is 0.824. The molecule has 0 aliphatic carbocycles. The Kier molecular flexibility index (Phi) is 5.90. The van der Waals surface area contributed by atoms with Crippen molar-refractivity contribution >= 4 is 29.0 Å². The van der Waals surface area contributed by atoms with Gasteiger partial charge in [-0.25, -0.2) is 0 Å². The lowest BCUT2D eigenvalue weighted by atomic mass is 9.98. The second-order valence-corrected chi connectivity index (χ2v) is 5.39.